The molecular weight excluding hydrogens is 470 g/mol. The molecule has 2 heterocycles. The second-order valence-electron chi connectivity index (χ2n) is 10.7. The molecule has 0 atom stereocenters. The van der Waals surface area contributed by atoms with Gasteiger partial charge in [0.2, 0.25) is 5.96 Å². The quantitative estimate of drug-likeness (QED) is 0.199. The Kier molecular flexibility index (Phi) is 13.7. The monoisotopic (exact) mass is 521 g/mol. The van der Waals surface area contributed by atoms with Crippen molar-refractivity contribution in [1.29, 1.82) is 0 Å². The summed E-state index contributed by atoms with van der Waals surface area (Å²) >= 11 is 0. The molecule has 1 aromatic carbocycles. The Morgan fingerprint density at radius 3 is 1.82 bits per heavy atom. The van der Waals surface area contributed by atoms with E-state index in [-0.39, 0.29) is 0 Å². The summed E-state index contributed by atoms with van der Waals surface area (Å²) < 4.78 is 2.01. The van der Waals surface area contributed by atoms with Crippen LogP contribution in [0.3, 0.4) is 0 Å². The molecule has 7 nitrogen and oxygen atoms in total. The maximum absolute atomic E-state index is 6.42. The lowest BCUT2D eigenvalue weighted by Crippen LogP contribution is -2.40. The largest absolute Gasteiger partial charge is 0.383 e. The van der Waals surface area contributed by atoms with Crippen LogP contribution in [0.25, 0.3) is 11.6 Å². The van der Waals surface area contributed by atoms with Crippen LogP contribution in [0.15, 0.2) is 41.7 Å². The number of unbranched alkanes of at least 4 members (excludes halogenated alkanes) is 15. The zero-order valence-corrected chi connectivity index (χ0v) is 23.7. The third-order valence-corrected chi connectivity index (χ3v) is 7.33. The number of nitrogens with two attached hydrogens (primary N) is 2. The fourth-order valence-corrected chi connectivity index (χ4v) is 5.10. The zero-order chi connectivity index (χ0) is 26.8. The molecule has 1 aliphatic heterocycles. The van der Waals surface area contributed by atoms with Crippen LogP contribution in [0, 0.1) is 0 Å². The van der Waals surface area contributed by atoms with Gasteiger partial charge in [-0.15, -0.1) is 0 Å². The van der Waals surface area contributed by atoms with E-state index >= 15 is 0 Å². The summed E-state index contributed by atoms with van der Waals surface area (Å²) in [6.07, 6.45) is 23.6. The fourth-order valence-electron chi connectivity index (χ4n) is 5.10. The highest BCUT2D eigenvalue weighted by Gasteiger charge is 2.13. The minimum atomic E-state index is 0.463. The van der Waals surface area contributed by atoms with Gasteiger partial charge < -0.3 is 26.7 Å². The molecule has 38 heavy (non-hydrogen) atoms. The maximum atomic E-state index is 6.42. The van der Waals surface area contributed by atoms with Crippen molar-refractivity contribution in [1.82, 2.24) is 20.2 Å². The van der Waals surface area contributed by atoms with Crippen molar-refractivity contribution in [3.8, 4) is 0 Å². The second kappa shape index (κ2) is 17.5. The van der Waals surface area contributed by atoms with Crippen LogP contribution in [-0.4, -0.2) is 22.1 Å². The van der Waals surface area contributed by atoms with E-state index in [0.717, 1.165) is 18.3 Å². The summed E-state index contributed by atoms with van der Waals surface area (Å²) in [5.41, 5.74) is 13.9. The van der Waals surface area contributed by atoms with Gasteiger partial charge >= 0.3 is 0 Å². The highest BCUT2D eigenvalue weighted by Crippen LogP contribution is 2.13. The standard InChI is InChI=1S/C31H51N7/c1-2-3-4-5-6-7-8-9-10-11-12-13-14-15-16-20-23-34-31-36-29(32)27-28(30(33)37-31)38(25-35-27)24-26-21-18-17-19-22-26/h17-19,21-22,25H,2-16,20,23-24,32-33H2,1H3,(H2,34,36,37). The number of guanidine groups is 1. The van der Waals surface area contributed by atoms with E-state index in [2.05, 4.69) is 39.7 Å². The van der Waals surface area contributed by atoms with E-state index in [1.807, 2.05) is 22.8 Å². The van der Waals surface area contributed by atoms with Gasteiger partial charge in [-0.25, -0.2) is 4.98 Å². The molecule has 3 rings (SSSR count). The Bertz CT molecular complexity index is 1070. The van der Waals surface area contributed by atoms with Gasteiger partial charge in [-0.3, -0.25) is 4.99 Å². The number of nitrogens with zero attached hydrogens (tertiary/aromatic N) is 3. The first kappa shape index (κ1) is 29.6. The van der Waals surface area contributed by atoms with Crippen LogP contribution in [0.1, 0.15) is 115 Å². The molecule has 1 aliphatic rings. The van der Waals surface area contributed by atoms with Crippen molar-refractivity contribution in [2.75, 3.05) is 6.54 Å². The lowest BCUT2D eigenvalue weighted by atomic mass is 10.0. The van der Waals surface area contributed by atoms with Crippen LogP contribution in [0.2, 0.25) is 0 Å². The molecule has 0 bridgehead atoms. The van der Waals surface area contributed by atoms with Gasteiger partial charge in [0.25, 0.3) is 0 Å². The minimum absolute atomic E-state index is 0.463. The zero-order valence-electron chi connectivity index (χ0n) is 23.7. The Morgan fingerprint density at radius 2 is 1.24 bits per heavy atom. The van der Waals surface area contributed by atoms with Gasteiger partial charge in [-0.2, -0.15) is 0 Å². The number of rotatable bonds is 19. The number of aromatic nitrogens is 2. The second-order valence-corrected chi connectivity index (χ2v) is 10.7. The number of aliphatic imine (C=N–C) groups is 1. The maximum Gasteiger partial charge on any atom is 0.202 e. The predicted molar refractivity (Wildman–Crippen MR) is 160 cm³/mol. The van der Waals surface area contributed by atoms with Gasteiger partial charge in [-0.1, -0.05) is 134 Å². The molecule has 6 N–H and O–H groups in total. The summed E-state index contributed by atoms with van der Waals surface area (Å²) in [5, 5.41) is 7.79. The molecule has 0 saturated heterocycles. The molecule has 2 aromatic rings. The van der Waals surface area contributed by atoms with Crippen LogP contribution in [-0.2, 0) is 6.54 Å². The van der Waals surface area contributed by atoms with E-state index in [0.29, 0.717) is 29.5 Å². The van der Waals surface area contributed by atoms with Crippen molar-refractivity contribution in [3.63, 3.8) is 0 Å². The number of hydrogen-bond donors (Lipinski definition) is 4. The van der Waals surface area contributed by atoms with Crippen molar-refractivity contribution in [3.05, 3.63) is 52.9 Å². The Labute approximate surface area is 229 Å². The molecule has 1 aromatic heterocycles. The normalized spacial score (nSPS) is 14.3. The Balaban J connectivity index is 1.28. The lowest BCUT2D eigenvalue weighted by Gasteiger charge is -2.10. The topological polar surface area (TPSA) is 106 Å². The molecule has 210 valence electrons. The lowest BCUT2D eigenvalue weighted by molar-refractivity contribution is 0.530. The fraction of sp³-hybridized carbons (Fsp3) is 0.613. The molecular formula is C31H51N7. The van der Waals surface area contributed by atoms with E-state index < -0.39 is 0 Å². The van der Waals surface area contributed by atoms with E-state index in [9.17, 15) is 0 Å². The van der Waals surface area contributed by atoms with Gasteiger partial charge in [0.05, 0.1) is 6.33 Å². The van der Waals surface area contributed by atoms with Crippen molar-refractivity contribution >= 4 is 17.6 Å². The summed E-state index contributed by atoms with van der Waals surface area (Å²) in [5.74, 6) is 1.56. The first-order valence-electron chi connectivity index (χ1n) is 15.1. The number of benzene rings is 1. The molecule has 0 unspecified atom stereocenters. The van der Waals surface area contributed by atoms with Crippen LogP contribution >= 0.6 is 0 Å². The van der Waals surface area contributed by atoms with E-state index in [1.54, 1.807) is 6.33 Å². The third kappa shape index (κ3) is 10.4. The van der Waals surface area contributed by atoms with Gasteiger partial charge in [-0.05, 0) is 12.0 Å². The van der Waals surface area contributed by atoms with Crippen molar-refractivity contribution in [2.45, 2.75) is 116 Å². The SMILES string of the molecule is CCCCCCCCCCCCCCCCCCN=C1NC(N)=c2ncn(Cc3ccccc3)c2=C(N)N1. The number of nitrogens with one attached hydrogen (secondary N) is 2. The first-order valence-corrected chi connectivity index (χ1v) is 15.1. The smallest absolute Gasteiger partial charge is 0.202 e. The first-order chi connectivity index (χ1) is 18.7. The summed E-state index contributed by atoms with van der Waals surface area (Å²) in [4.78, 5) is 9.18. The highest BCUT2D eigenvalue weighted by molar-refractivity contribution is 5.90. The van der Waals surface area contributed by atoms with Gasteiger partial charge in [0.15, 0.2) is 0 Å². The van der Waals surface area contributed by atoms with Crippen molar-refractivity contribution < 1.29 is 0 Å². The number of fused-ring (bicyclic) bond motifs is 1. The predicted octanol–water partition coefficient (Wildman–Crippen LogP) is 4.79. The molecule has 0 amide bonds. The van der Waals surface area contributed by atoms with Gasteiger partial charge in [0.1, 0.15) is 22.3 Å². The molecule has 7 heteroatoms. The van der Waals surface area contributed by atoms with Crippen LogP contribution < -0.4 is 32.8 Å². The Hall–Kier alpha value is -2.96. The molecule has 0 aliphatic carbocycles. The van der Waals surface area contributed by atoms with Crippen LogP contribution in [0.4, 0.5) is 0 Å². The van der Waals surface area contributed by atoms with Crippen LogP contribution in [0.5, 0.6) is 0 Å². The number of hydrogen-bond acceptors (Lipinski definition) is 4. The van der Waals surface area contributed by atoms with E-state index in [4.69, 9.17) is 11.5 Å². The molecule has 0 saturated carbocycles. The van der Waals surface area contributed by atoms with E-state index in [1.165, 1.54) is 102 Å². The van der Waals surface area contributed by atoms with Crippen molar-refractivity contribution in [2.24, 2.45) is 16.5 Å². The summed E-state index contributed by atoms with van der Waals surface area (Å²) in [6, 6.07) is 10.2. The van der Waals surface area contributed by atoms with Gasteiger partial charge in [0, 0.05) is 13.1 Å². The summed E-state index contributed by atoms with van der Waals surface area (Å²) in [7, 11) is 0. The third-order valence-electron chi connectivity index (χ3n) is 7.33. The number of imidazole rings is 1. The Morgan fingerprint density at radius 1 is 0.711 bits per heavy atom. The average Bonchev–Trinajstić information content (AvgIpc) is 3.29. The molecule has 0 radical (unpaired) electrons. The molecule has 0 fully saturated rings. The average molecular weight is 522 g/mol. The highest BCUT2D eigenvalue weighted by atomic mass is 15.3. The minimum Gasteiger partial charge on any atom is -0.383 e. The molecule has 0 spiro atoms. The summed E-state index contributed by atoms with van der Waals surface area (Å²) in [6.45, 7) is 3.70.